The van der Waals surface area contributed by atoms with E-state index >= 15 is 0 Å². The first-order valence-corrected chi connectivity index (χ1v) is 14.9. The summed E-state index contributed by atoms with van der Waals surface area (Å²) in [5.74, 6) is -2.03. The third-order valence-electron chi connectivity index (χ3n) is 8.23. The summed E-state index contributed by atoms with van der Waals surface area (Å²) in [5, 5.41) is 11.9. The van der Waals surface area contributed by atoms with Gasteiger partial charge in [0.1, 0.15) is 5.82 Å². The molecule has 0 unspecified atom stereocenters. The molecule has 0 bridgehead atoms. The fourth-order valence-corrected chi connectivity index (χ4v) is 5.98. The Hall–Kier alpha value is -4.90. The lowest BCUT2D eigenvalue weighted by Crippen LogP contribution is -2.30. The molecule has 0 spiro atoms. The Labute approximate surface area is 278 Å². The second-order valence-corrected chi connectivity index (χ2v) is 11.7. The minimum Gasteiger partial charge on any atom is -0.465 e. The van der Waals surface area contributed by atoms with Gasteiger partial charge in [-0.05, 0) is 83.6 Å². The van der Waals surface area contributed by atoms with E-state index in [0.29, 0.717) is 17.7 Å². The molecule has 3 aromatic carbocycles. The first kappa shape index (κ1) is 36.4. The van der Waals surface area contributed by atoms with Gasteiger partial charge in [0.2, 0.25) is 0 Å². The number of aromatic nitrogens is 4. The Balaban J connectivity index is 1.66. The molecule has 268 valence electrons. The van der Waals surface area contributed by atoms with E-state index in [9.17, 15) is 48.7 Å². The van der Waals surface area contributed by atoms with Crippen LogP contribution < -0.4 is 9.80 Å². The minimum absolute atomic E-state index is 0.00364. The molecule has 8 nitrogen and oxygen atoms in total. The van der Waals surface area contributed by atoms with Crippen LogP contribution in [0.3, 0.4) is 0 Å². The van der Waals surface area contributed by atoms with Crippen molar-refractivity contribution >= 4 is 17.6 Å². The molecule has 2 heterocycles. The van der Waals surface area contributed by atoms with E-state index < -0.39 is 70.7 Å². The predicted octanol–water partition coefficient (Wildman–Crippen LogP) is 8.05. The number of alkyl halides is 9. The zero-order valence-electron chi connectivity index (χ0n) is 26.5. The smallest absolute Gasteiger partial charge is 0.416 e. The van der Waals surface area contributed by atoms with Gasteiger partial charge in [-0.3, -0.25) is 0 Å². The summed E-state index contributed by atoms with van der Waals surface area (Å²) in [6.07, 6.45) is -14.6. The zero-order chi connectivity index (χ0) is 36.8. The number of hydrogen-bond donors (Lipinski definition) is 0. The Morgan fingerprint density at radius 2 is 1.58 bits per heavy atom. The molecule has 0 N–H and O–H groups in total. The third-order valence-corrected chi connectivity index (χ3v) is 8.23. The quantitative estimate of drug-likeness (QED) is 0.141. The van der Waals surface area contributed by atoms with Crippen molar-refractivity contribution in [1.29, 1.82) is 0 Å². The molecule has 0 radical (unpaired) electrons. The van der Waals surface area contributed by atoms with E-state index in [1.54, 1.807) is 4.90 Å². The van der Waals surface area contributed by atoms with Gasteiger partial charge in [0.15, 0.2) is 0 Å². The van der Waals surface area contributed by atoms with Crippen LogP contribution in [0.15, 0.2) is 48.5 Å². The molecule has 1 atom stereocenters. The number of nitrogens with zero attached hydrogens (tertiary/aromatic N) is 6. The van der Waals surface area contributed by atoms with Crippen molar-refractivity contribution in [2.75, 3.05) is 23.5 Å². The molecule has 0 saturated heterocycles. The number of carbonyl (C=O) groups is 1. The second kappa shape index (κ2) is 13.4. The van der Waals surface area contributed by atoms with Crippen molar-refractivity contribution in [1.82, 2.24) is 20.2 Å². The van der Waals surface area contributed by atoms with Gasteiger partial charge in [0.25, 0.3) is 5.95 Å². The van der Waals surface area contributed by atoms with Gasteiger partial charge in [0, 0.05) is 25.3 Å². The van der Waals surface area contributed by atoms with E-state index in [4.69, 9.17) is 0 Å². The van der Waals surface area contributed by atoms with Crippen LogP contribution in [0, 0.1) is 12.7 Å². The zero-order valence-corrected chi connectivity index (χ0v) is 26.5. The van der Waals surface area contributed by atoms with E-state index in [1.807, 2.05) is 0 Å². The number of anilines is 2. The molecule has 5 rings (SSSR count). The Kier molecular flexibility index (Phi) is 9.77. The van der Waals surface area contributed by atoms with Crippen LogP contribution in [-0.2, 0) is 43.4 Å². The van der Waals surface area contributed by atoms with Crippen molar-refractivity contribution in [2.45, 2.75) is 57.4 Å². The van der Waals surface area contributed by atoms with E-state index in [2.05, 4.69) is 20.1 Å². The SMILES string of the molecule is COC(=O)c1cc(CN2CCC[C@H](N(Cc3cc(C(F)(F)F)cc(C(F)(F)F)c3)c3nnn(C)n3)c3cc(C)c(C(F)(F)F)cc32)ccc1F. The molecular formula is C32H28F10N6O2. The topological polar surface area (TPSA) is 76.4 Å². The highest BCUT2D eigenvalue weighted by molar-refractivity contribution is 5.89. The monoisotopic (exact) mass is 718 g/mol. The molecule has 4 aromatic rings. The van der Waals surface area contributed by atoms with Crippen LogP contribution in [0.1, 0.15) is 68.2 Å². The number of halogens is 10. The summed E-state index contributed by atoms with van der Waals surface area (Å²) in [6, 6.07) is 5.92. The number of hydrogen-bond acceptors (Lipinski definition) is 7. The molecule has 0 saturated carbocycles. The van der Waals surface area contributed by atoms with Gasteiger partial charge in [-0.2, -0.15) is 44.3 Å². The molecule has 50 heavy (non-hydrogen) atoms. The van der Waals surface area contributed by atoms with E-state index in [0.717, 1.165) is 24.0 Å². The molecule has 1 aliphatic heterocycles. The van der Waals surface area contributed by atoms with Crippen LogP contribution in [0.5, 0.6) is 0 Å². The Bertz CT molecular complexity index is 1850. The summed E-state index contributed by atoms with van der Waals surface area (Å²) in [4.78, 5) is 16.0. The molecule has 1 aromatic heterocycles. The van der Waals surface area contributed by atoms with Crippen LogP contribution in [0.2, 0.25) is 0 Å². The van der Waals surface area contributed by atoms with Crippen molar-refractivity contribution in [3.8, 4) is 0 Å². The minimum atomic E-state index is -5.12. The maximum atomic E-state index is 14.4. The van der Waals surface area contributed by atoms with Crippen LogP contribution in [0.4, 0.5) is 55.5 Å². The number of rotatable bonds is 7. The highest BCUT2D eigenvalue weighted by Crippen LogP contribution is 2.44. The summed E-state index contributed by atoms with van der Waals surface area (Å²) in [6.45, 7) is 0.642. The number of benzene rings is 3. The Morgan fingerprint density at radius 1 is 0.920 bits per heavy atom. The highest BCUT2D eigenvalue weighted by atomic mass is 19.4. The third kappa shape index (κ3) is 7.78. The first-order valence-electron chi connectivity index (χ1n) is 14.9. The lowest BCUT2D eigenvalue weighted by atomic mass is 9.94. The molecule has 0 fully saturated rings. The number of esters is 1. The second-order valence-electron chi connectivity index (χ2n) is 11.7. The fraction of sp³-hybridized carbons (Fsp3) is 0.375. The average Bonchev–Trinajstić information content (AvgIpc) is 3.38. The molecule has 1 aliphatic rings. The fourth-order valence-electron chi connectivity index (χ4n) is 5.98. The normalized spacial score (nSPS) is 15.5. The summed E-state index contributed by atoms with van der Waals surface area (Å²) in [7, 11) is 2.44. The van der Waals surface area contributed by atoms with Gasteiger partial charge in [-0.25, -0.2) is 9.18 Å². The number of fused-ring (bicyclic) bond motifs is 1. The molecular weight excluding hydrogens is 690 g/mol. The maximum Gasteiger partial charge on any atom is 0.416 e. The van der Waals surface area contributed by atoms with Crippen LogP contribution >= 0.6 is 0 Å². The number of ether oxygens (including phenoxy) is 1. The van der Waals surface area contributed by atoms with E-state index in [1.165, 1.54) is 37.1 Å². The predicted molar refractivity (Wildman–Crippen MR) is 158 cm³/mol. The van der Waals surface area contributed by atoms with E-state index in [-0.39, 0.29) is 54.8 Å². The summed E-state index contributed by atoms with van der Waals surface area (Å²) in [5.41, 5.74) is -4.42. The standard InChI is InChI=1S/C32H28F10N6O2/c1-17-9-23-26(48(29-43-45-46(2)44-29)16-19-10-20(30(34,35)36)13-21(11-19)31(37,38)39)5-4-8-47(27(23)14-24(17)32(40,41)42)15-18-6-7-25(33)22(12-18)28(49)50-3/h6-7,9-14,26H,4-5,8,15-16H2,1-3H3/t26-/m0/s1. The molecule has 0 amide bonds. The lowest BCUT2D eigenvalue weighted by molar-refractivity contribution is -0.143. The van der Waals surface area contributed by atoms with Gasteiger partial charge < -0.3 is 14.5 Å². The number of methoxy groups -OCH3 is 1. The number of tetrazole rings is 1. The van der Waals surface area contributed by atoms with Crippen molar-refractivity contribution < 1.29 is 53.4 Å². The highest BCUT2D eigenvalue weighted by Gasteiger charge is 2.39. The lowest BCUT2D eigenvalue weighted by Gasteiger charge is -2.33. The first-order chi connectivity index (χ1) is 23.3. The average molecular weight is 719 g/mol. The van der Waals surface area contributed by atoms with Crippen LogP contribution in [0.25, 0.3) is 0 Å². The maximum absolute atomic E-state index is 14.4. The largest absolute Gasteiger partial charge is 0.465 e. The van der Waals surface area contributed by atoms with Gasteiger partial charge >= 0.3 is 24.5 Å². The molecule has 18 heteroatoms. The number of aryl methyl sites for hydroxylation is 2. The number of carbonyl (C=O) groups excluding carboxylic acids is 1. The van der Waals surface area contributed by atoms with Crippen LogP contribution in [-0.4, -0.2) is 39.8 Å². The summed E-state index contributed by atoms with van der Waals surface area (Å²) < 4.78 is 144. The van der Waals surface area contributed by atoms with Crippen molar-refractivity contribution in [3.63, 3.8) is 0 Å². The summed E-state index contributed by atoms with van der Waals surface area (Å²) >= 11 is 0. The van der Waals surface area contributed by atoms with Crippen molar-refractivity contribution in [3.05, 3.63) is 98.9 Å². The van der Waals surface area contributed by atoms with Gasteiger partial charge in [-0.1, -0.05) is 17.2 Å². The van der Waals surface area contributed by atoms with Gasteiger partial charge in [0.05, 0.1) is 42.5 Å². The van der Waals surface area contributed by atoms with Crippen molar-refractivity contribution in [2.24, 2.45) is 7.05 Å². The van der Waals surface area contributed by atoms with Gasteiger partial charge in [-0.15, -0.1) is 5.10 Å². The molecule has 0 aliphatic carbocycles. The Morgan fingerprint density at radius 3 is 2.14 bits per heavy atom.